The molecule has 0 atom stereocenters. The third kappa shape index (κ3) is 2.14. The first-order valence-corrected chi connectivity index (χ1v) is 8.58. The van der Waals surface area contributed by atoms with Gasteiger partial charge in [0.1, 0.15) is 5.82 Å². The van der Waals surface area contributed by atoms with Gasteiger partial charge in [0.25, 0.3) is 0 Å². The standard InChI is InChI=1S/C23H18N2/c1-15-7-10-17(11-8-15)23-24-20-6-4-3-5-19(20)22-14-18-13-16(2)9-12-21(18)25(22)23/h3-14H,1-2H3. The zero-order valence-corrected chi connectivity index (χ0v) is 14.3. The van der Waals surface area contributed by atoms with Crippen molar-refractivity contribution in [2.75, 3.05) is 0 Å². The van der Waals surface area contributed by atoms with Gasteiger partial charge in [0.2, 0.25) is 0 Å². The Morgan fingerprint density at radius 3 is 2.32 bits per heavy atom. The summed E-state index contributed by atoms with van der Waals surface area (Å²) in [6.07, 6.45) is 0. The second-order valence-corrected chi connectivity index (χ2v) is 6.75. The van der Waals surface area contributed by atoms with Crippen LogP contribution in [0.25, 0.3) is 38.7 Å². The molecule has 2 heteroatoms. The number of hydrogen-bond acceptors (Lipinski definition) is 1. The minimum Gasteiger partial charge on any atom is -0.293 e. The summed E-state index contributed by atoms with van der Waals surface area (Å²) in [5, 5.41) is 2.44. The predicted molar refractivity (Wildman–Crippen MR) is 105 cm³/mol. The molecule has 25 heavy (non-hydrogen) atoms. The van der Waals surface area contributed by atoms with Gasteiger partial charge >= 0.3 is 0 Å². The fraction of sp³-hybridized carbons (Fsp3) is 0.0870. The maximum Gasteiger partial charge on any atom is 0.145 e. The maximum absolute atomic E-state index is 5.01. The molecule has 0 saturated carbocycles. The molecule has 0 fully saturated rings. The summed E-state index contributed by atoms with van der Waals surface area (Å²) in [5.41, 5.74) is 7.12. The Kier molecular flexibility index (Phi) is 2.95. The van der Waals surface area contributed by atoms with E-state index < -0.39 is 0 Å². The van der Waals surface area contributed by atoms with Gasteiger partial charge < -0.3 is 0 Å². The number of aryl methyl sites for hydroxylation is 2. The van der Waals surface area contributed by atoms with Crippen LogP contribution in [0.1, 0.15) is 11.1 Å². The minimum absolute atomic E-state index is 0.993. The number of rotatable bonds is 1. The van der Waals surface area contributed by atoms with Crippen molar-refractivity contribution < 1.29 is 0 Å². The molecule has 120 valence electrons. The van der Waals surface area contributed by atoms with Crippen LogP contribution >= 0.6 is 0 Å². The monoisotopic (exact) mass is 322 g/mol. The summed E-state index contributed by atoms with van der Waals surface area (Å²) in [7, 11) is 0. The van der Waals surface area contributed by atoms with E-state index in [1.54, 1.807) is 0 Å². The van der Waals surface area contributed by atoms with E-state index in [0.717, 1.165) is 16.9 Å². The average molecular weight is 322 g/mol. The molecule has 0 radical (unpaired) electrons. The van der Waals surface area contributed by atoms with E-state index in [4.69, 9.17) is 4.98 Å². The number of aromatic nitrogens is 2. The van der Waals surface area contributed by atoms with Crippen molar-refractivity contribution in [3.8, 4) is 11.4 Å². The van der Waals surface area contributed by atoms with Gasteiger partial charge in [-0.15, -0.1) is 0 Å². The lowest BCUT2D eigenvalue weighted by atomic mass is 10.1. The minimum atomic E-state index is 0.993. The molecular formula is C23H18N2. The molecule has 0 aliphatic carbocycles. The Labute approximate surface area is 146 Å². The second kappa shape index (κ2) is 5.18. The summed E-state index contributed by atoms with van der Waals surface area (Å²) < 4.78 is 2.29. The van der Waals surface area contributed by atoms with Crippen molar-refractivity contribution in [3.05, 3.63) is 83.9 Å². The third-order valence-electron chi connectivity index (χ3n) is 4.88. The van der Waals surface area contributed by atoms with Crippen molar-refractivity contribution in [1.29, 1.82) is 0 Å². The Hall–Kier alpha value is -3.13. The highest BCUT2D eigenvalue weighted by molar-refractivity contribution is 6.02. The molecule has 3 aromatic carbocycles. The van der Waals surface area contributed by atoms with Crippen LogP contribution in [0.15, 0.2) is 72.8 Å². The van der Waals surface area contributed by atoms with Crippen LogP contribution in [-0.2, 0) is 0 Å². The fourth-order valence-corrected chi connectivity index (χ4v) is 3.61. The van der Waals surface area contributed by atoms with Crippen LogP contribution in [-0.4, -0.2) is 9.38 Å². The second-order valence-electron chi connectivity index (χ2n) is 6.75. The van der Waals surface area contributed by atoms with E-state index in [-0.39, 0.29) is 0 Å². The molecule has 2 heterocycles. The highest BCUT2D eigenvalue weighted by Crippen LogP contribution is 2.31. The molecule has 0 N–H and O–H groups in total. The number of hydrogen-bond donors (Lipinski definition) is 0. The van der Waals surface area contributed by atoms with Gasteiger partial charge in [-0.3, -0.25) is 4.40 Å². The molecule has 2 nitrogen and oxygen atoms in total. The fourth-order valence-electron chi connectivity index (χ4n) is 3.61. The Bertz CT molecular complexity index is 1240. The van der Waals surface area contributed by atoms with Gasteiger partial charge in [0, 0.05) is 16.3 Å². The van der Waals surface area contributed by atoms with Crippen molar-refractivity contribution in [3.63, 3.8) is 0 Å². The van der Waals surface area contributed by atoms with Crippen molar-refractivity contribution in [2.45, 2.75) is 13.8 Å². The number of nitrogens with zero attached hydrogens (tertiary/aromatic N) is 2. The first-order chi connectivity index (χ1) is 12.2. The maximum atomic E-state index is 5.01. The molecule has 0 amide bonds. The van der Waals surface area contributed by atoms with Gasteiger partial charge in [0.15, 0.2) is 0 Å². The summed E-state index contributed by atoms with van der Waals surface area (Å²) in [5.74, 6) is 0.993. The summed E-state index contributed by atoms with van der Waals surface area (Å²) in [6.45, 7) is 4.25. The molecule has 0 spiro atoms. The van der Waals surface area contributed by atoms with Crippen molar-refractivity contribution in [2.24, 2.45) is 0 Å². The van der Waals surface area contributed by atoms with Crippen LogP contribution < -0.4 is 0 Å². The highest BCUT2D eigenvalue weighted by Gasteiger charge is 2.13. The van der Waals surface area contributed by atoms with Gasteiger partial charge in [-0.25, -0.2) is 4.98 Å². The SMILES string of the molecule is Cc1ccc(-c2nc3ccccc3c3cc4cc(C)ccc4n23)cc1. The van der Waals surface area contributed by atoms with Crippen molar-refractivity contribution in [1.82, 2.24) is 9.38 Å². The normalized spacial score (nSPS) is 11.6. The summed E-state index contributed by atoms with van der Waals surface area (Å²) in [4.78, 5) is 5.01. The third-order valence-corrected chi connectivity index (χ3v) is 4.88. The Morgan fingerprint density at radius 1 is 0.720 bits per heavy atom. The molecule has 0 aliphatic heterocycles. The number of benzene rings is 3. The number of para-hydroxylation sites is 1. The van der Waals surface area contributed by atoms with E-state index in [0.29, 0.717) is 0 Å². The quantitative estimate of drug-likeness (QED) is 0.374. The Morgan fingerprint density at radius 2 is 1.48 bits per heavy atom. The summed E-state index contributed by atoms with van der Waals surface area (Å²) >= 11 is 0. The lowest BCUT2D eigenvalue weighted by Gasteiger charge is -2.10. The zero-order chi connectivity index (χ0) is 17.0. The lowest BCUT2D eigenvalue weighted by molar-refractivity contribution is 1.17. The number of fused-ring (bicyclic) bond motifs is 5. The average Bonchev–Trinajstić information content (AvgIpc) is 3.00. The van der Waals surface area contributed by atoms with E-state index in [9.17, 15) is 0 Å². The van der Waals surface area contributed by atoms with Crippen LogP contribution in [0.5, 0.6) is 0 Å². The molecule has 0 unspecified atom stereocenters. The zero-order valence-electron chi connectivity index (χ0n) is 14.3. The van der Waals surface area contributed by atoms with Crippen LogP contribution in [0, 0.1) is 13.8 Å². The van der Waals surface area contributed by atoms with Gasteiger partial charge in [-0.2, -0.15) is 0 Å². The van der Waals surface area contributed by atoms with E-state index in [1.165, 1.54) is 32.9 Å². The van der Waals surface area contributed by atoms with Gasteiger partial charge in [0.05, 0.1) is 16.6 Å². The van der Waals surface area contributed by atoms with E-state index in [1.807, 2.05) is 0 Å². The molecule has 0 saturated heterocycles. The van der Waals surface area contributed by atoms with Crippen LogP contribution in [0.3, 0.4) is 0 Å². The van der Waals surface area contributed by atoms with Gasteiger partial charge in [-0.1, -0.05) is 59.7 Å². The molecule has 0 bridgehead atoms. The molecule has 0 aliphatic rings. The Balaban J connectivity index is 2.00. The first kappa shape index (κ1) is 14.2. The predicted octanol–water partition coefficient (Wildman–Crippen LogP) is 5.92. The van der Waals surface area contributed by atoms with Crippen LogP contribution in [0.4, 0.5) is 0 Å². The molecule has 2 aromatic heterocycles. The molecule has 5 aromatic rings. The van der Waals surface area contributed by atoms with Gasteiger partial charge in [-0.05, 0) is 38.1 Å². The summed E-state index contributed by atoms with van der Waals surface area (Å²) in [6, 6.07) is 25.9. The van der Waals surface area contributed by atoms with E-state index >= 15 is 0 Å². The molecule has 5 rings (SSSR count). The van der Waals surface area contributed by atoms with Crippen LogP contribution in [0.2, 0.25) is 0 Å². The van der Waals surface area contributed by atoms with Crippen molar-refractivity contribution >= 4 is 27.3 Å². The van der Waals surface area contributed by atoms with E-state index in [2.05, 4.69) is 91.0 Å². The largest absolute Gasteiger partial charge is 0.293 e. The first-order valence-electron chi connectivity index (χ1n) is 8.58. The molecular weight excluding hydrogens is 304 g/mol. The lowest BCUT2D eigenvalue weighted by Crippen LogP contribution is -1.97. The highest BCUT2D eigenvalue weighted by atomic mass is 15.0. The smallest absolute Gasteiger partial charge is 0.145 e. The topological polar surface area (TPSA) is 17.3 Å².